The average molecular weight is 858 g/mol. The molecule has 2 saturated heterocycles. The van der Waals surface area contributed by atoms with Gasteiger partial charge in [0.2, 0.25) is 0 Å². The first kappa shape index (κ1) is 38.5. The molecule has 3 aliphatic heterocycles. The smallest absolute Gasteiger partial charge is 0.370 e. The van der Waals surface area contributed by atoms with Crippen LogP contribution in [0, 0.1) is 5.41 Å². The number of carbonyl (C=O) groups excluding carboxylic acids is 2. The molecule has 3 aromatic carbocycles. The van der Waals surface area contributed by atoms with Gasteiger partial charge in [0.25, 0.3) is 11.8 Å². The summed E-state index contributed by atoms with van der Waals surface area (Å²) in [5, 5.41) is 6.47. The van der Waals surface area contributed by atoms with Crippen LogP contribution in [0.15, 0.2) is 88.3 Å². The van der Waals surface area contributed by atoms with Gasteiger partial charge in [0, 0.05) is 72.6 Å². The van der Waals surface area contributed by atoms with Crippen molar-refractivity contribution < 1.29 is 35.9 Å². The Hall–Kier alpha value is -5.36. The van der Waals surface area contributed by atoms with Crippen molar-refractivity contribution in [3.63, 3.8) is 0 Å². The van der Waals surface area contributed by atoms with Crippen molar-refractivity contribution in [2.75, 3.05) is 38.1 Å². The van der Waals surface area contributed by atoms with Crippen LogP contribution in [0.2, 0.25) is 0 Å². The van der Waals surface area contributed by atoms with Crippen LogP contribution in [0.5, 0.6) is 0 Å². The molecule has 5 aromatic rings. The number of nitrogens with zero attached hydrogens (tertiary/aromatic N) is 7. The second-order valence-corrected chi connectivity index (χ2v) is 15.9. The van der Waals surface area contributed by atoms with Gasteiger partial charge in [-0.3, -0.25) is 18.7 Å². The molecule has 5 heterocycles. The van der Waals surface area contributed by atoms with Crippen molar-refractivity contribution >= 4 is 33.4 Å². The third kappa shape index (κ3) is 7.02. The normalized spacial score (nSPS) is 17.9. The lowest BCUT2D eigenvalue weighted by atomic mass is 9.73. The molecule has 2 fully saturated rings. The van der Waals surface area contributed by atoms with Gasteiger partial charge in [-0.05, 0) is 74.1 Å². The van der Waals surface area contributed by atoms with Crippen molar-refractivity contribution in [2.45, 2.75) is 45.0 Å². The number of alkyl halides is 6. The number of para-hydroxylation sites is 1. The first-order chi connectivity index (χ1) is 26.9. The number of halogens is 7. The number of likely N-dealkylation sites (tertiary alicyclic amines) is 1. The van der Waals surface area contributed by atoms with Gasteiger partial charge in [0.05, 0.1) is 29.2 Å². The lowest BCUT2D eigenvalue weighted by molar-refractivity contribution is -0.141. The standard InChI is InChI=1S/C39H35BrF6N8O3/c1-23-17-52-31(18-51(23)35(56)24-7-12-29(40)28(15-24)38(41,42)43)33(34(55)47-16-25-5-3-4-6-30(25)53-14-13-32(48-53)39(44,45)46)54(36(52)57)27-10-8-26(9-11-27)50-21-37(22-50)19-49(2)20-37/h3-15,23H,16-22H2,1-2H3,(H,47,55)/t23-/m0/s1. The summed E-state index contributed by atoms with van der Waals surface area (Å²) in [4.78, 5) is 48.3. The maximum atomic E-state index is 14.4. The molecule has 0 radical (unpaired) electrons. The summed E-state index contributed by atoms with van der Waals surface area (Å²) >= 11 is 2.91. The number of carbonyl (C=O) groups is 2. The Bertz CT molecular complexity index is 2440. The topological polar surface area (TPSA) is 101 Å². The Morgan fingerprint density at radius 3 is 2.25 bits per heavy atom. The largest absolute Gasteiger partial charge is 0.435 e. The molecule has 18 heteroatoms. The monoisotopic (exact) mass is 856 g/mol. The van der Waals surface area contributed by atoms with Gasteiger partial charge in [0.15, 0.2) is 5.69 Å². The van der Waals surface area contributed by atoms with Crippen LogP contribution < -0.4 is 15.9 Å². The SMILES string of the molecule is C[C@H]1Cn2c(c(C(=O)NCc3ccccc3-n3ccc(C(F)(F)F)n3)n(-c3ccc(N4CC5(CN(C)C5)C4)cc3)c2=O)CN1C(=O)c1ccc(Br)c(C(F)(F)F)c1. The molecule has 0 saturated carbocycles. The molecule has 298 valence electrons. The number of fused-ring (bicyclic) bond motifs is 1. The minimum absolute atomic E-state index is 0.0537. The number of aromatic nitrogens is 4. The molecule has 0 aliphatic carbocycles. The van der Waals surface area contributed by atoms with Gasteiger partial charge in [0.1, 0.15) is 5.69 Å². The molecule has 1 spiro atoms. The fraction of sp³-hybridized carbons (Fsp3) is 0.333. The van der Waals surface area contributed by atoms with E-state index in [1.807, 2.05) is 12.1 Å². The molecule has 2 amide bonds. The van der Waals surface area contributed by atoms with E-state index in [0.717, 1.165) is 60.9 Å². The fourth-order valence-electron chi connectivity index (χ4n) is 8.21. The first-order valence-electron chi connectivity index (χ1n) is 18.0. The fourth-order valence-corrected chi connectivity index (χ4v) is 8.68. The van der Waals surface area contributed by atoms with Crippen molar-refractivity contribution in [2.24, 2.45) is 5.41 Å². The van der Waals surface area contributed by atoms with Crippen LogP contribution in [0.3, 0.4) is 0 Å². The van der Waals surface area contributed by atoms with E-state index < -0.39 is 47.2 Å². The highest BCUT2D eigenvalue weighted by molar-refractivity contribution is 9.10. The summed E-state index contributed by atoms with van der Waals surface area (Å²) in [5.74, 6) is -1.45. The zero-order chi connectivity index (χ0) is 40.6. The minimum atomic E-state index is -4.73. The second-order valence-electron chi connectivity index (χ2n) is 15.0. The van der Waals surface area contributed by atoms with Crippen LogP contribution in [-0.2, 0) is 32.0 Å². The molecular formula is C39H35BrF6N8O3. The molecule has 0 bridgehead atoms. The maximum absolute atomic E-state index is 14.4. The van der Waals surface area contributed by atoms with Crippen molar-refractivity contribution in [3.05, 3.63) is 128 Å². The van der Waals surface area contributed by atoms with Crippen LogP contribution in [0.4, 0.5) is 32.0 Å². The van der Waals surface area contributed by atoms with E-state index in [9.17, 15) is 40.7 Å². The Morgan fingerprint density at radius 1 is 0.912 bits per heavy atom. The van der Waals surface area contributed by atoms with Gasteiger partial charge in [-0.25, -0.2) is 9.48 Å². The maximum Gasteiger partial charge on any atom is 0.435 e. The third-order valence-corrected chi connectivity index (χ3v) is 11.5. The van der Waals surface area contributed by atoms with Crippen LogP contribution >= 0.6 is 15.9 Å². The third-order valence-electron chi connectivity index (χ3n) is 10.8. The predicted octanol–water partition coefficient (Wildman–Crippen LogP) is 6.35. The highest BCUT2D eigenvalue weighted by atomic mass is 79.9. The Morgan fingerprint density at radius 2 is 1.60 bits per heavy atom. The highest BCUT2D eigenvalue weighted by Gasteiger charge is 2.50. The van der Waals surface area contributed by atoms with Crippen LogP contribution in [0.1, 0.15) is 50.3 Å². The molecule has 1 atom stereocenters. The molecule has 8 rings (SSSR count). The molecule has 1 N–H and O–H groups in total. The second kappa shape index (κ2) is 13.9. The Labute approximate surface area is 330 Å². The molecule has 57 heavy (non-hydrogen) atoms. The van der Waals surface area contributed by atoms with Gasteiger partial charge in [-0.2, -0.15) is 31.4 Å². The van der Waals surface area contributed by atoms with Gasteiger partial charge in [-0.15, -0.1) is 0 Å². The van der Waals surface area contributed by atoms with Crippen molar-refractivity contribution in [1.29, 1.82) is 0 Å². The molecule has 2 aromatic heterocycles. The first-order valence-corrected chi connectivity index (χ1v) is 18.8. The molecule has 3 aliphatic rings. The molecule has 11 nitrogen and oxygen atoms in total. The van der Waals surface area contributed by atoms with E-state index in [-0.39, 0.29) is 52.2 Å². The summed E-state index contributed by atoms with van der Waals surface area (Å²) < 4.78 is 84.9. The minimum Gasteiger partial charge on any atom is -0.370 e. The predicted molar refractivity (Wildman–Crippen MR) is 200 cm³/mol. The summed E-state index contributed by atoms with van der Waals surface area (Å²) in [6.07, 6.45) is -8.24. The lowest BCUT2D eigenvalue weighted by Crippen LogP contribution is -2.71. The van der Waals surface area contributed by atoms with E-state index in [2.05, 4.69) is 43.2 Å². The zero-order valence-electron chi connectivity index (χ0n) is 30.5. The summed E-state index contributed by atoms with van der Waals surface area (Å²) in [6, 6.07) is 17.0. The Balaban J connectivity index is 1.13. The molecule has 0 unspecified atom stereocenters. The quantitative estimate of drug-likeness (QED) is 0.192. The number of benzene rings is 3. The van der Waals surface area contributed by atoms with Gasteiger partial charge >= 0.3 is 18.0 Å². The highest BCUT2D eigenvalue weighted by Crippen LogP contribution is 2.41. The van der Waals surface area contributed by atoms with Crippen LogP contribution in [-0.4, -0.2) is 79.8 Å². The van der Waals surface area contributed by atoms with Gasteiger partial charge in [-0.1, -0.05) is 34.1 Å². The number of rotatable bonds is 7. The van der Waals surface area contributed by atoms with E-state index in [1.165, 1.54) is 20.1 Å². The van der Waals surface area contributed by atoms with Crippen molar-refractivity contribution in [3.8, 4) is 11.4 Å². The number of hydrogen-bond donors (Lipinski definition) is 1. The zero-order valence-corrected chi connectivity index (χ0v) is 32.1. The number of nitrogens with one attached hydrogen (secondary N) is 1. The van der Waals surface area contributed by atoms with E-state index in [1.54, 1.807) is 43.3 Å². The number of imidazole rings is 1. The summed E-state index contributed by atoms with van der Waals surface area (Å²) in [5.41, 5.74) is -0.534. The van der Waals surface area contributed by atoms with E-state index in [0.29, 0.717) is 11.3 Å². The number of amides is 2. The van der Waals surface area contributed by atoms with Crippen LogP contribution in [0.25, 0.3) is 11.4 Å². The lowest BCUT2D eigenvalue weighted by Gasteiger charge is -2.60. The average Bonchev–Trinajstić information content (AvgIpc) is 3.74. The summed E-state index contributed by atoms with van der Waals surface area (Å²) in [7, 11) is 2.08. The van der Waals surface area contributed by atoms with Crippen molar-refractivity contribution in [1.82, 2.24) is 34.0 Å². The van der Waals surface area contributed by atoms with Gasteiger partial charge < -0.3 is 20.0 Å². The van der Waals surface area contributed by atoms with E-state index in [4.69, 9.17) is 0 Å². The molecular weight excluding hydrogens is 822 g/mol. The van der Waals surface area contributed by atoms with E-state index >= 15 is 0 Å². The number of anilines is 1. The number of hydrogen-bond acceptors (Lipinski definition) is 6. The Kier molecular flexibility index (Phi) is 9.41. The summed E-state index contributed by atoms with van der Waals surface area (Å²) in [6.45, 7) is 4.99.